The van der Waals surface area contributed by atoms with Crippen LogP contribution in [0.2, 0.25) is 0 Å². The van der Waals surface area contributed by atoms with Gasteiger partial charge in [0.05, 0.1) is 5.69 Å². The molecule has 1 N–H and O–H groups in total. The molecule has 2 aliphatic heterocycles. The van der Waals surface area contributed by atoms with Crippen LogP contribution in [0, 0.1) is 5.92 Å². The molecule has 124 valence electrons. The van der Waals surface area contributed by atoms with Gasteiger partial charge < -0.3 is 5.32 Å². The third-order valence-corrected chi connectivity index (χ3v) is 5.24. The molecule has 1 aliphatic carbocycles. The molecule has 3 heterocycles. The summed E-state index contributed by atoms with van der Waals surface area (Å²) in [6, 6.07) is 1.85. The Morgan fingerprint density at radius 1 is 1.43 bits per heavy atom. The number of nitrogens with zero attached hydrogens (tertiary/aromatic N) is 2. The molecule has 1 aromatic heterocycles. The molecule has 1 aromatic rings. The number of aromatic nitrogens is 1. The lowest BCUT2D eigenvalue weighted by molar-refractivity contribution is -0.100. The average molecular weight is 321 g/mol. The van der Waals surface area contributed by atoms with Crippen LogP contribution in [0.25, 0.3) is 0 Å². The maximum Gasteiger partial charge on any atom is 0.253 e. The molecule has 23 heavy (non-hydrogen) atoms. The largest absolute Gasteiger partial charge is 0.348 e. The number of carbonyl (C=O) groups is 1. The van der Waals surface area contributed by atoms with Crippen molar-refractivity contribution < 1.29 is 13.6 Å². The fraction of sp³-hybridized carbons (Fsp3) is 0.647. The van der Waals surface area contributed by atoms with Crippen LogP contribution in [0.1, 0.15) is 59.4 Å². The van der Waals surface area contributed by atoms with Gasteiger partial charge in [-0.1, -0.05) is 6.92 Å². The predicted octanol–water partition coefficient (Wildman–Crippen LogP) is 2.68. The molecular formula is C17H21F2N3O. The van der Waals surface area contributed by atoms with Crippen LogP contribution < -0.4 is 5.32 Å². The Morgan fingerprint density at radius 3 is 2.91 bits per heavy atom. The Hall–Kier alpha value is -1.56. The van der Waals surface area contributed by atoms with Crippen LogP contribution in [0.15, 0.2) is 6.07 Å². The number of hydrogen-bond donors (Lipinski definition) is 1. The molecule has 1 saturated heterocycles. The van der Waals surface area contributed by atoms with Gasteiger partial charge in [-0.2, -0.15) is 0 Å². The number of halogens is 2. The van der Waals surface area contributed by atoms with Crippen LogP contribution in [-0.4, -0.2) is 34.8 Å². The van der Waals surface area contributed by atoms with Crippen LogP contribution in [0.5, 0.6) is 0 Å². The topological polar surface area (TPSA) is 45.2 Å². The molecule has 3 aliphatic rings. The number of fused-ring (bicyclic) bond motifs is 1. The molecule has 1 atom stereocenters. The minimum atomic E-state index is -2.57. The van der Waals surface area contributed by atoms with E-state index in [4.69, 9.17) is 4.98 Å². The second-order valence-corrected chi connectivity index (χ2v) is 7.13. The first-order valence-electron chi connectivity index (χ1n) is 8.35. The molecule has 1 unspecified atom stereocenters. The minimum Gasteiger partial charge on any atom is -0.348 e. The van der Waals surface area contributed by atoms with E-state index in [0.717, 1.165) is 35.4 Å². The predicted molar refractivity (Wildman–Crippen MR) is 81.4 cm³/mol. The first-order chi connectivity index (χ1) is 10.9. The summed E-state index contributed by atoms with van der Waals surface area (Å²) in [6.07, 6.45) is 2.16. The maximum absolute atomic E-state index is 13.6. The summed E-state index contributed by atoms with van der Waals surface area (Å²) < 4.78 is 27.2. The molecule has 2 fully saturated rings. The SMILES string of the molecule is CC1CN(Cc2cc3c(c(C4CC4)n2)CNC3=O)CCC1(F)F. The van der Waals surface area contributed by atoms with Gasteiger partial charge in [0.25, 0.3) is 11.8 Å². The summed E-state index contributed by atoms with van der Waals surface area (Å²) in [6.45, 7) is 3.46. The van der Waals surface area contributed by atoms with Crippen molar-refractivity contribution >= 4 is 5.91 Å². The molecule has 0 radical (unpaired) electrons. The van der Waals surface area contributed by atoms with E-state index in [9.17, 15) is 13.6 Å². The number of nitrogens with one attached hydrogen (secondary N) is 1. The van der Waals surface area contributed by atoms with E-state index < -0.39 is 11.8 Å². The van der Waals surface area contributed by atoms with E-state index >= 15 is 0 Å². The fourth-order valence-corrected chi connectivity index (χ4v) is 3.61. The monoisotopic (exact) mass is 321 g/mol. The van der Waals surface area contributed by atoms with E-state index in [-0.39, 0.29) is 12.3 Å². The second-order valence-electron chi connectivity index (χ2n) is 7.13. The Kier molecular flexibility index (Phi) is 3.41. The van der Waals surface area contributed by atoms with Gasteiger partial charge in [-0.25, -0.2) is 8.78 Å². The lowest BCUT2D eigenvalue weighted by Crippen LogP contribution is -2.45. The smallest absolute Gasteiger partial charge is 0.253 e. The summed E-state index contributed by atoms with van der Waals surface area (Å²) in [7, 11) is 0. The Balaban J connectivity index is 1.57. The van der Waals surface area contributed by atoms with Crippen molar-refractivity contribution in [2.45, 2.75) is 51.1 Å². The van der Waals surface area contributed by atoms with Crippen LogP contribution >= 0.6 is 0 Å². The zero-order valence-corrected chi connectivity index (χ0v) is 13.2. The molecule has 1 saturated carbocycles. The Bertz CT molecular complexity index is 657. The summed E-state index contributed by atoms with van der Waals surface area (Å²) in [5, 5.41) is 2.86. The zero-order valence-electron chi connectivity index (χ0n) is 13.2. The Labute approximate surface area is 134 Å². The average Bonchev–Trinajstić information content (AvgIpc) is 3.28. The van der Waals surface area contributed by atoms with Gasteiger partial charge >= 0.3 is 0 Å². The summed E-state index contributed by atoms with van der Waals surface area (Å²) >= 11 is 0. The van der Waals surface area contributed by atoms with Crippen molar-refractivity contribution in [3.63, 3.8) is 0 Å². The molecule has 6 heteroatoms. The quantitative estimate of drug-likeness (QED) is 0.931. The van der Waals surface area contributed by atoms with Gasteiger partial charge in [0.15, 0.2) is 0 Å². The van der Waals surface area contributed by atoms with Crippen molar-refractivity contribution in [3.8, 4) is 0 Å². The minimum absolute atomic E-state index is 0.0379. The number of alkyl halides is 2. The number of likely N-dealkylation sites (tertiary alicyclic amines) is 1. The highest BCUT2D eigenvalue weighted by Crippen LogP contribution is 2.42. The molecule has 4 nitrogen and oxygen atoms in total. The number of piperidine rings is 1. The number of pyridine rings is 1. The summed E-state index contributed by atoms with van der Waals surface area (Å²) in [4.78, 5) is 18.8. The highest BCUT2D eigenvalue weighted by Gasteiger charge is 2.41. The van der Waals surface area contributed by atoms with E-state index in [1.165, 1.54) is 0 Å². The fourth-order valence-electron chi connectivity index (χ4n) is 3.61. The number of carbonyl (C=O) groups excluding carboxylic acids is 1. The van der Waals surface area contributed by atoms with Crippen LogP contribution in [0.3, 0.4) is 0 Å². The van der Waals surface area contributed by atoms with E-state index in [0.29, 0.717) is 32.1 Å². The van der Waals surface area contributed by atoms with Crippen molar-refractivity contribution in [1.82, 2.24) is 15.2 Å². The highest BCUT2D eigenvalue weighted by atomic mass is 19.3. The standard InChI is InChI=1S/C17H21F2N3O/c1-10-8-22(5-4-17(10,18)19)9-12-6-13-14(7-20-16(13)23)15(21-12)11-2-3-11/h6,10-11H,2-5,7-9H2,1H3,(H,20,23). The maximum atomic E-state index is 13.6. The number of hydrogen-bond acceptors (Lipinski definition) is 3. The summed E-state index contributed by atoms with van der Waals surface area (Å²) in [5.74, 6) is -2.78. The third-order valence-electron chi connectivity index (χ3n) is 5.24. The molecule has 1 amide bonds. The van der Waals surface area contributed by atoms with E-state index in [2.05, 4.69) is 5.32 Å². The molecule has 0 bridgehead atoms. The van der Waals surface area contributed by atoms with Gasteiger partial charge in [-0.05, 0) is 18.9 Å². The van der Waals surface area contributed by atoms with Crippen molar-refractivity contribution in [2.75, 3.05) is 13.1 Å². The van der Waals surface area contributed by atoms with Gasteiger partial charge in [0.1, 0.15) is 0 Å². The molecule has 0 aromatic carbocycles. The van der Waals surface area contributed by atoms with Crippen molar-refractivity contribution in [3.05, 3.63) is 28.6 Å². The first kappa shape index (κ1) is 15.0. The highest BCUT2D eigenvalue weighted by molar-refractivity contribution is 5.98. The first-order valence-corrected chi connectivity index (χ1v) is 8.35. The van der Waals surface area contributed by atoms with Crippen LogP contribution in [0.4, 0.5) is 8.78 Å². The van der Waals surface area contributed by atoms with Crippen molar-refractivity contribution in [2.24, 2.45) is 5.92 Å². The van der Waals surface area contributed by atoms with Gasteiger partial charge in [0.2, 0.25) is 0 Å². The number of amides is 1. The zero-order chi connectivity index (χ0) is 16.2. The van der Waals surface area contributed by atoms with Crippen molar-refractivity contribution in [1.29, 1.82) is 0 Å². The van der Waals surface area contributed by atoms with Gasteiger partial charge in [-0.15, -0.1) is 0 Å². The molecule has 0 spiro atoms. The van der Waals surface area contributed by atoms with Crippen LogP contribution in [-0.2, 0) is 13.1 Å². The number of rotatable bonds is 3. The van der Waals surface area contributed by atoms with Gasteiger partial charge in [0, 0.05) is 61.3 Å². The van der Waals surface area contributed by atoms with E-state index in [1.807, 2.05) is 11.0 Å². The third kappa shape index (κ3) is 2.73. The lowest BCUT2D eigenvalue weighted by Gasteiger charge is -2.36. The lowest BCUT2D eigenvalue weighted by atomic mass is 9.95. The Morgan fingerprint density at radius 2 is 2.22 bits per heavy atom. The second kappa shape index (κ2) is 5.23. The molecular weight excluding hydrogens is 300 g/mol. The van der Waals surface area contributed by atoms with E-state index in [1.54, 1.807) is 6.92 Å². The molecule has 4 rings (SSSR count). The summed E-state index contributed by atoms with van der Waals surface area (Å²) in [5.41, 5.74) is 3.65. The van der Waals surface area contributed by atoms with Gasteiger partial charge in [-0.3, -0.25) is 14.7 Å². The normalized spacial score (nSPS) is 26.9.